The predicted octanol–water partition coefficient (Wildman–Crippen LogP) is 1.55. The third kappa shape index (κ3) is 2.84. The molecule has 3 heterocycles. The van der Waals surface area contributed by atoms with Crippen molar-refractivity contribution in [2.45, 2.75) is 19.3 Å². The maximum atomic E-state index is 12.8. The zero-order valence-corrected chi connectivity index (χ0v) is 11.6. The number of carbonyl (C=O) groups is 1. The molecule has 1 amide bonds. The average molecular weight is 326 g/mol. The van der Waals surface area contributed by atoms with Crippen molar-refractivity contribution in [3.05, 3.63) is 30.0 Å². The zero-order chi connectivity index (χ0) is 28.6. The standard InChI is InChI=1S/C16H20N6O/c1-11-5-7-22(14(23)8-17-2)9-13(11)21(3)16-12-4-6-18-15(12)19-10-20-16/h4,6,10-11,13H,5,7-9H2,1,3H3,(H,18,19,20)/t11-,13+/m1/s1/i1D3,3D3,5D2,7D2,9D2,10D,11D. The molecule has 120 valence electrons. The van der Waals surface area contributed by atoms with E-state index in [0.29, 0.717) is 0 Å². The topological polar surface area (TPSA) is 69.5 Å². The highest BCUT2D eigenvalue weighted by Crippen LogP contribution is 2.28. The molecule has 3 rings (SSSR count). The Balaban J connectivity index is 2.54. The number of anilines is 1. The molecule has 7 nitrogen and oxygen atoms in total. The number of aromatic amines is 1. The molecule has 23 heavy (non-hydrogen) atoms. The van der Waals surface area contributed by atoms with Crippen LogP contribution in [0.3, 0.4) is 0 Å². The van der Waals surface area contributed by atoms with Gasteiger partial charge in [0.25, 0.3) is 6.54 Å². The lowest BCUT2D eigenvalue weighted by atomic mass is 9.92. The van der Waals surface area contributed by atoms with Crippen molar-refractivity contribution in [1.82, 2.24) is 19.9 Å². The van der Waals surface area contributed by atoms with E-state index in [4.69, 9.17) is 25.8 Å². The van der Waals surface area contributed by atoms with Gasteiger partial charge in [0, 0.05) is 41.2 Å². The van der Waals surface area contributed by atoms with Gasteiger partial charge in [-0.3, -0.25) is 4.79 Å². The summed E-state index contributed by atoms with van der Waals surface area (Å²) in [5.74, 6) is -6.28. The summed E-state index contributed by atoms with van der Waals surface area (Å²) in [6.45, 7) is -9.27. The van der Waals surface area contributed by atoms with Crippen LogP contribution < -0.4 is 4.90 Å². The van der Waals surface area contributed by atoms with Crippen LogP contribution in [0.15, 0.2) is 18.6 Å². The van der Waals surface area contributed by atoms with E-state index in [9.17, 15) is 4.79 Å². The van der Waals surface area contributed by atoms with Gasteiger partial charge in [0.05, 0.1) is 14.2 Å². The number of H-pyrrole nitrogens is 1. The normalized spacial score (nSPS) is 41.0. The van der Waals surface area contributed by atoms with Crippen LogP contribution in [0, 0.1) is 12.5 Å². The van der Waals surface area contributed by atoms with Crippen molar-refractivity contribution in [3.63, 3.8) is 0 Å². The summed E-state index contributed by atoms with van der Waals surface area (Å²) in [7, 11) is 0. The number of aromatic nitrogens is 3. The fourth-order valence-electron chi connectivity index (χ4n) is 1.99. The van der Waals surface area contributed by atoms with Gasteiger partial charge in [-0.15, -0.1) is 0 Å². The van der Waals surface area contributed by atoms with Gasteiger partial charge in [-0.25, -0.2) is 16.5 Å². The van der Waals surface area contributed by atoms with Crippen LogP contribution in [0.4, 0.5) is 5.82 Å². The Kier molecular flexibility index (Phi) is 1.57. The monoisotopic (exact) mass is 326 g/mol. The Morgan fingerprint density at radius 1 is 1.78 bits per heavy atom. The highest BCUT2D eigenvalue weighted by Gasteiger charge is 2.33. The average Bonchev–Trinajstić information content (AvgIpc) is 3.16. The van der Waals surface area contributed by atoms with Crippen molar-refractivity contribution >= 4 is 22.8 Å². The summed E-state index contributed by atoms with van der Waals surface area (Å²) in [5.41, 5.74) is -0.121. The van der Waals surface area contributed by atoms with Gasteiger partial charge in [-0.05, 0) is 18.3 Å². The first-order valence-corrected chi connectivity index (χ1v) is 6.36. The second kappa shape index (κ2) is 6.24. The van der Waals surface area contributed by atoms with E-state index < -0.39 is 69.7 Å². The molecule has 1 fully saturated rings. The number of likely N-dealkylation sites (N-methyl/N-ethyl adjacent to an activating group) is 1. The first-order chi connectivity index (χ1) is 16.6. The molecule has 7 heteroatoms. The Labute approximate surface area is 154 Å². The fraction of sp³-hybridized carbons (Fsp3) is 0.500. The van der Waals surface area contributed by atoms with Crippen LogP contribution >= 0.6 is 0 Å². The Bertz CT molecular complexity index is 1260. The van der Waals surface area contributed by atoms with Gasteiger partial charge in [0.2, 0.25) is 0 Å². The minimum absolute atomic E-state index is 0.00739. The van der Waals surface area contributed by atoms with Crippen LogP contribution in [0.2, 0.25) is 0 Å². The molecule has 0 saturated carbocycles. The highest BCUT2D eigenvalue weighted by molar-refractivity contribution is 5.87. The molecule has 0 spiro atoms. The Morgan fingerprint density at radius 2 is 2.70 bits per heavy atom. The van der Waals surface area contributed by atoms with E-state index in [2.05, 4.69) is 19.8 Å². The van der Waals surface area contributed by atoms with Gasteiger partial charge in [-0.1, -0.05) is 6.85 Å². The van der Waals surface area contributed by atoms with Crippen molar-refractivity contribution in [3.8, 4) is 0 Å². The quantitative estimate of drug-likeness (QED) is 0.869. The molecule has 0 aliphatic carbocycles. The lowest BCUT2D eigenvalue weighted by Gasteiger charge is -2.41. The molecule has 2 aromatic heterocycles. The minimum atomic E-state index is -3.95. The first kappa shape index (κ1) is 5.78. The summed E-state index contributed by atoms with van der Waals surface area (Å²) in [4.78, 5) is 25.3. The summed E-state index contributed by atoms with van der Waals surface area (Å²) >= 11 is 0. The number of carbonyl (C=O) groups excluding carboxylic acids is 1. The molecule has 0 aromatic carbocycles. The third-order valence-electron chi connectivity index (χ3n) is 3.06. The number of nitrogens with one attached hydrogen (secondary N) is 1. The maximum absolute atomic E-state index is 12.8. The van der Waals surface area contributed by atoms with Gasteiger partial charge >= 0.3 is 5.91 Å². The van der Waals surface area contributed by atoms with E-state index in [1.165, 1.54) is 12.3 Å². The number of amides is 1. The van der Waals surface area contributed by atoms with Gasteiger partial charge < -0.3 is 19.6 Å². The predicted molar refractivity (Wildman–Crippen MR) is 87.9 cm³/mol. The van der Waals surface area contributed by atoms with Crippen LogP contribution in [0.25, 0.3) is 15.9 Å². The number of rotatable bonds is 3. The highest BCUT2D eigenvalue weighted by atomic mass is 16.2. The summed E-state index contributed by atoms with van der Waals surface area (Å²) in [6, 6.07) is -1.75. The number of piperidine rings is 1. The second-order valence-corrected chi connectivity index (χ2v) is 4.48. The minimum Gasteiger partial charge on any atom is -0.354 e. The van der Waals surface area contributed by atoms with E-state index in [-0.39, 0.29) is 20.8 Å². The second-order valence-electron chi connectivity index (χ2n) is 4.48. The van der Waals surface area contributed by atoms with Crippen LogP contribution in [0.5, 0.6) is 0 Å². The van der Waals surface area contributed by atoms with Crippen molar-refractivity contribution < 1.29 is 24.0 Å². The molecule has 2 atom stereocenters. The van der Waals surface area contributed by atoms with Gasteiger partial charge in [-0.2, -0.15) is 0 Å². The number of hydrogen-bond acceptors (Lipinski definition) is 4. The smallest absolute Gasteiger partial charge is 0.302 e. The van der Waals surface area contributed by atoms with E-state index >= 15 is 0 Å². The number of likely N-dealkylation sites (tertiary alicyclic amines) is 1. The van der Waals surface area contributed by atoms with Crippen molar-refractivity contribution in [2.24, 2.45) is 5.89 Å². The largest absolute Gasteiger partial charge is 0.354 e. The third-order valence-corrected chi connectivity index (χ3v) is 3.06. The molecular formula is C16H20N6O. The lowest BCUT2D eigenvalue weighted by Crippen LogP contribution is -2.53. The van der Waals surface area contributed by atoms with E-state index in [1.54, 1.807) is 0 Å². The molecule has 1 saturated heterocycles. The SMILES string of the molecule is [2H]c1nc(N([C@H]2C([2H])([2H])N(C(=O)C[N+]#[C-])C([2H])([2H])C([2H])([2H])[C@@]2([2H])C([2H])([2H])[2H])C([2H])([2H])[2H])c2cc[nH]c2n1. The maximum Gasteiger partial charge on any atom is 0.302 e. The van der Waals surface area contributed by atoms with Crippen molar-refractivity contribution in [2.75, 3.05) is 31.4 Å². The Hall–Kier alpha value is -2.62. The molecular weight excluding hydrogens is 292 g/mol. The molecule has 1 aliphatic rings. The summed E-state index contributed by atoms with van der Waals surface area (Å²) in [5, 5.41) is -0.163. The number of nitrogens with zero attached hydrogens (tertiary/aromatic N) is 5. The van der Waals surface area contributed by atoms with Crippen LogP contribution in [-0.4, -0.2) is 58.3 Å². The number of hydrogen-bond donors (Lipinski definition) is 1. The Morgan fingerprint density at radius 3 is 3.48 bits per heavy atom. The van der Waals surface area contributed by atoms with Crippen LogP contribution in [-0.2, 0) is 4.79 Å². The summed E-state index contributed by atoms with van der Waals surface area (Å²) < 4.78 is 116. The van der Waals surface area contributed by atoms with Crippen LogP contribution in [0.1, 0.15) is 32.4 Å². The molecule has 0 unspecified atom stereocenters. The van der Waals surface area contributed by atoms with E-state index in [1.807, 2.05) is 0 Å². The van der Waals surface area contributed by atoms with Crippen molar-refractivity contribution in [1.29, 1.82) is 0 Å². The lowest BCUT2D eigenvalue weighted by molar-refractivity contribution is -0.130. The zero-order valence-electron chi connectivity index (χ0n) is 25.6. The molecule has 1 aliphatic heterocycles. The fourth-order valence-corrected chi connectivity index (χ4v) is 1.99. The summed E-state index contributed by atoms with van der Waals surface area (Å²) in [6.07, 6.45) is -3.48. The molecule has 0 radical (unpaired) electrons. The first-order valence-electron chi connectivity index (χ1n) is 13.4. The molecule has 2 aromatic rings. The van der Waals surface area contributed by atoms with Gasteiger partial charge in [0.15, 0.2) is 0 Å². The number of fused-ring (bicyclic) bond motifs is 1. The van der Waals surface area contributed by atoms with Gasteiger partial charge in [0.1, 0.15) is 19.1 Å². The molecule has 1 N–H and O–H groups in total. The van der Waals surface area contributed by atoms with E-state index in [0.717, 1.165) is 0 Å². The molecule has 0 bridgehead atoms.